The van der Waals surface area contributed by atoms with Crippen molar-refractivity contribution in [1.82, 2.24) is 10.3 Å². The van der Waals surface area contributed by atoms with E-state index in [2.05, 4.69) is 15.6 Å². The minimum absolute atomic E-state index is 0.0145. The quantitative estimate of drug-likeness (QED) is 0.273. The molecule has 0 radical (unpaired) electrons. The molecule has 0 fully saturated rings. The molecule has 0 spiro atoms. The van der Waals surface area contributed by atoms with E-state index in [0.29, 0.717) is 45.1 Å². The van der Waals surface area contributed by atoms with Gasteiger partial charge in [-0.1, -0.05) is 60.7 Å². The van der Waals surface area contributed by atoms with Crippen molar-refractivity contribution in [2.75, 3.05) is 10.2 Å². The number of nitrogens with zero attached hydrogens (tertiary/aromatic N) is 2. The highest BCUT2D eigenvalue weighted by Gasteiger charge is 2.33. The Hall–Kier alpha value is -5.24. The Morgan fingerprint density at radius 3 is 2.50 bits per heavy atom. The van der Waals surface area contributed by atoms with Gasteiger partial charge < -0.3 is 20.0 Å². The Morgan fingerprint density at radius 2 is 1.70 bits per heavy atom. The number of nitrogens with one attached hydrogen (secondary N) is 2. The minimum Gasteiger partial charge on any atom is -0.439 e. The summed E-state index contributed by atoms with van der Waals surface area (Å²) in [5, 5.41) is 5.57. The number of benzene rings is 4. The summed E-state index contributed by atoms with van der Waals surface area (Å²) < 4.78 is 21.0. The summed E-state index contributed by atoms with van der Waals surface area (Å²) in [6, 6.07) is 26.6. The average molecular weight is 533 g/mol. The average Bonchev–Trinajstić information content (AvgIpc) is 3.33. The molecule has 0 aliphatic carbocycles. The molecule has 1 aromatic heterocycles. The lowest BCUT2D eigenvalue weighted by atomic mass is 9.95. The van der Waals surface area contributed by atoms with Gasteiger partial charge in [0.1, 0.15) is 23.9 Å². The first kappa shape index (κ1) is 25.1. The van der Waals surface area contributed by atoms with E-state index in [9.17, 15) is 9.59 Å². The van der Waals surface area contributed by atoms with Gasteiger partial charge in [-0.2, -0.15) is 0 Å². The number of amides is 3. The number of aryl methyl sites for hydroxylation is 1. The van der Waals surface area contributed by atoms with Crippen molar-refractivity contribution in [3.63, 3.8) is 0 Å². The highest BCUT2D eigenvalue weighted by atomic mass is 19.1. The first-order valence-corrected chi connectivity index (χ1v) is 12.8. The number of urea groups is 1. The van der Waals surface area contributed by atoms with Crippen LogP contribution in [0.2, 0.25) is 0 Å². The second-order valence-corrected chi connectivity index (χ2v) is 9.52. The van der Waals surface area contributed by atoms with Crippen LogP contribution in [-0.2, 0) is 11.3 Å². The van der Waals surface area contributed by atoms with Gasteiger partial charge >= 0.3 is 6.03 Å². The fourth-order valence-corrected chi connectivity index (χ4v) is 4.89. The zero-order chi connectivity index (χ0) is 27.6. The highest BCUT2D eigenvalue weighted by Crippen LogP contribution is 2.37. The largest absolute Gasteiger partial charge is 0.439 e. The number of oxazole rings is 1. The number of aromatic nitrogens is 1. The fraction of sp³-hybridized carbons (Fsp3) is 0.0938. The molecule has 0 bridgehead atoms. The predicted molar refractivity (Wildman–Crippen MR) is 152 cm³/mol. The van der Waals surface area contributed by atoms with Gasteiger partial charge in [-0.25, -0.2) is 14.2 Å². The van der Waals surface area contributed by atoms with Gasteiger partial charge in [-0.3, -0.25) is 4.79 Å². The van der Waals surface area contributed by atoms with Crippen LogP contribution in [0.15, 0.2) is 108 Å². The molecule has 8 heteroatoms. The number of anilines is 2. The summed E-state index contributed by atoms with van der Waals surface area (Å²) in [5.41, 5.74) is 4.83. The lowest BCUT2D eigenvalue weighted by Gasteiger charge is -2.25. The second kappa shape index (κ2) is 10.5. The summed E-state index contributed by atoms with van der Waals surface area (Å²) in [6.45, 7) is 1.93. The number of para-hydroxylation sites is 3. The van der Waals surface area contributed by atoms with Crippen molar-refractivity contribution < 1.29 is 18.4 Å². The molecule has 5 aromatic rings. The number of halogens is 1. The van der Waals surface area contributed by atoms with Crippen LogP contribution in [0, 0.1) is 12.7 Å². The van der Waals surface area contributed by atoms with Gasteiger partial charge in [0.05, 0.1) is 5.69 Å². The fourth-order valence-electron chi connectivity index (χ4n) is 4.89. The maximum Gasteiger partial charge on any atom is 0.320 e. The molecule has 40 heavy (non-hydrogen) atoms. The van der Waals surface area contributed by atoms with E-state index in [1.54, 1.807) is 36.4 Å². The Bertz CT molecular complexity index is 1740. The number of fused-ring (bicyclic) bond motifs is 2. The molecule has 1 atom stereocenters. The van der Waals surface area contributed by atoms with Crippen LogP contribution in [0.25, 0.3) is 16.7 Å². The van der Waals surface area contributed by atoms with Crippen LogP contribution >= 0.6 is 0 Å². The lowest BCUT2D eigenvalue weighted by molar-refractivity contribution is -0.119. The van der Waals surface area contributed by atoms with Crippen molar-refractivity contribution in [3.05, 3.63) is 132 Å². The van der Waals surface area contributed by atoms with E-state index in [4.69, 9.17) is 4.42 Å². The molecule has 6 rings (SSSR count). The van der Waals surface area contributed by atoms with E-state index >= 15 is 4.39 Å². The van der Waals surface area contributed by atoms with Crippen LogP contribution < -0.4 is 15.5 Å². The number of rotatable bonds is 5. The molecule has 1 aliphatic heterocycles. The van der Waals surface area contributed by atoms with Crippen LogP contribution in [0.5, 0.6) is 0 Å². The van der Waals surface area contributed by atoms with Gasteiger partial charge in [-0.05, 0) is 60.5 Å². The van der Waals surface area contributed by atoms with Crippen molar-refractivity contribution in [3.8, 4) is 0 Å². The number of carbonyl (C=O) groups is 2. The Morgan fingerprint density at radius 1 is 0.950 bits per heavy atom. The van der Waals surface area contributed by atoms with E-state index in [0.717, 1.165) is 5.56 Å². The summed E-state index contributed by atoms with van der Waals surface area (Å²) in [4.78, 5) is 33.3. The van der Waals surface area contributed by atoms with E-state index < -0.39 is 23.8 Å². The zero-order valence-electron chi connectivity index (χ0n) is 21.6. The van der Waals surface area contributed by atoms with Gasteiger partial charge in [0.15, 0.2) is 5.58 Å². The molecule has 4 aromatic carbocycles. The molecule has 0 saturated carbocycles. The van der Waals surface area contributed by atoms with Crippen LogP contribution in [0.1, 0.15) is 22.6 Å². The van der Waals surface area contributed by atoms with Gasteiger partial charge in [0.2, 0.25) is 5.89 Å². The number of hydrogen-bond donors (Lipinski definition) is 2. The molecule has 2 heterocycles. The molecule has 7 nitrogen and oxygen atoms in total. The maximum atomic E-state index is 15.1. The summed E-state index contributed by atoms with van der Waals surface area (Å²) in [6.07, 6.45) is 1.60. The summed E-state index contributed by atoms with van der Waals surface area (Å²) >= 11 is 0. The number of hydrogen-bond acceptors (Lipinski definition) is 4. The third kappa shape index (κ3) is 4.94. The third-order valence-corrected chi connectivity index (χ3v) is 6.71. The van der Waals surface area contributed by atoms with E-state index in [1.165, 1.54) is 11.0 Å². The molecule has 2 N–H and O–H groups in total. The molecular formula is C32H25FN4O3. The zero-order valence-corrected chi connectivity index (χ0v) is 21.6. The minimum atomic E-state index is -1.11. The molecule has 198 valence electrons. The van der Waals surface area contributed by atoms with Crippen molar-refractivity contribution >= 4 is 40.0 Å². The SMILES string of the molecule is Cc1cccc(NC(=O)N[C@@H]2C=C(c3ccccc3F)c3ccccc3N(Cc3nc4ccccc4o3)C2=O)c1. The van der Waals surface area contributed by atoms with Crippen molar-refractivity contribution in [1.29, 1.82) is 0 Å². The third-order valence-electron chi connectivity index (χ3n) is 6.71. The summed E-state index contributed by atoms with van der Waals surface area (Å²) in [7, 11) is 0. The van der Waals surface area contributed by atoms with Crippen LogP contribution in [-0.4, -0.2) is 23.0 Å². The van der Waals surface area contributed by atoms with Gasteiger partial charge in [0.25, 0.3) is 5.91 Å². The van der Waals surface area contributed by atoms with Gasteiger partial charge in [-0.15, -0.1) is 0 Å². The molecule has 1 aliphatic rings. The van der Waals surface area contributed by atoms with Gasteiger partial charge in [0, 0.05) is 16.8 Å². The summed E-state index contributed by atoms with van der Waals surface area (Å²) in [5.74, 6) is -0.520. The second-order valence-electron chi connectivity index (χ2n) is 9.52. The Labute approximate surface area is 230 Å². The molecule has 3 amide bonds. The maximum absolute atomic E-state index is 15.1. The topological polar surface area (TPSA) is 87.5 Å². The van der Waals surface area contributed by atoms with Crippen LogP contribution in [0.3, 0.4) is 0 Å². The smallest absolute Gasteiger partial charge is 0.320 e. The highest BCUT2D eigenvalue weighted by molar-refractivity contribution is 6.07. The predicted octanol–water partition coefficient (Wildman–Crippen LogP) is 6.44. The Balaban J connectivity index is 1.42. The van der Waals surface area contributed by atoms with E-state index in [1.807, 2.05) is 67.6 Å². The monoisotopic (exact) mass is 532 g/mol. The molecular weight excluding hydrogens is 507 g/mol. The van der Waals surface area contributed by atoms with Crippen molar-refractivity contribution in [2.45, 2.75) is 19.5 Å². The molecule has 0 unspecified atom stereocenters. The first-order chi connectivity index (χ1) is 19.5. The molecule has 0 saturated heterocycles. The number of carbonyl (C=O) groups excluding carboxylic acids is 2. The normalized spacial score (nSPS) is 14.8. The van der Waals surface area contributed by atoms with E-state index in [-0.39, 0.29) is 6.54 Å². The standard InChI is InChI=1S/C32H25FN4O3/c1-20-9-8-10-21(17-20)34-32(39)36-27-18-24(22-11-2-4-13-25(22)33)23-12-3-6-15-28(23)37(31(27)38)19-30-35-26-14-5-7-16-29(26)40-30/h2-18,27H,19H2,1H3,(H2,34,36,39)/t27-/m1/s1. The van der Waals surface area contributed by atoms with Crippen molar-refractivity contribution in [2.24, 2.45) is 0 Å². The first-order valence-electron chi connectivity index (χ1n) is 12.8. The Kier molecular flexibility index (Phi) is 6.57. The lowest BCUT2D eigenvalue weighted by Crippen LogP contribution is -2.48. The van der Waals surface area contributed by atoms with Crippen LogP contribution in [0.4, 0.5) is 20.6 Å².